The molecule has 0 aromatic heterocycles. The molecule has 0 aromatic rings. The molecule has 0 aliphatic heterocycles. The molecule has 0 saturated heterocycles. The van der Waals surface area contributed by atoms with Gasteiger partial charge in [-0.15, -0.1) is 0 Å². The summed E-state index contributed by atoms with van der Waals surface area (Å²) in [5, 5.41) is 0. The number of rotatable bonds is 2. The lowest BCUT2D eigenvalue weighted by atomic mass is 10.2. The lowest BCUT2D eigenvalue weighted by molar-refractivity contribution is 1.21. The zero-order valence-corrected chi connectivity index (χ0v) is 9.07. The zero-order valence-electron chi connectivity index (χ0n) is 8.07. The summed E-state index contributed by atoms with van der Waals surface area (Å²) in [5.41, 5.74) is 3.21. The largest absolute Gasteiger partial charge is 0.0802 e. The summed E-state index contributed by atoms with van der Waals surface area (Å²) in [5.74, 6) is 0. The predicted molar refractivity (Wildman–Crippen MR) is 54.6 cm³/mol. The van der Waals surface area contributed by atoms with Crippen LogP contribution in [0.3, 0.4) is 0 Å². The van der Waals surface area contributed by atoms with Crippen LogP contribution >= 0.6 is 0 Å². The first kappa shape index (κ1) is 8.79. The Bertz CT molecular complexity index is 203. The highest BCUT2D eigenvalue weighted by Crippen LogP contribution is 2.26. The Morgan fingerprint density at radius 3 is 2.36 bits per heavy atom. The maximum absolute atomic E-state index is 2.43. The summed E-state index contributed by atoms with van der Waals surface area (Å²) in [4.78, 5) is 0. The Morgan fingerprint density at radius 2 is 2.00 bits per heavy atom. The van der Waals surface area contributed by atoms with Crippen molar-refractivity contribution in [2.75, 3.05) is 0 Å². The second kappa shape index (κ2) is 2.98. The maximum atomic E-state index is 2.43. The van der Waals surface area contributed by atoms with Crippen LogP contribution in [0.1, 0.15) is 13.3 Å². The molecule has 0 N–H and O–H groups in total. The first-order valence-corrected chi connectivity index (χ1v) is 8.05. The normalized spacial score (nSPS) is 18.2. The maximum Gasteiger partial charge on any atom is 0.0487 e. The third-order valence-corrected chi connectivity index (χ3v) is 3.45. The van der Waals surface area contributed by atoms with Gasteiger partial charge >= 0.3 is 0 Å². The van der Waals surface area contributed by atoms with Gasteiger partial charge in [0.1, 0.15) is 0 Å². The van der Waals surface area contributed by atoms with Crippen molar-refractivity contribution in [3.05, 3.63) is 23.3 Å². The molecule has 0 heterocycles. The van der Waals surface area contributed by atoms with Crippen molar-refractivity contribution < 1.29 is 0 Å². The highest BCUT2D eigenvalue weighted by Gasteiger charge is 2.16. The fourth-order valence-corrected chi connectivity index (χ4v) is 2.99. The minimum atomic E-state index is -0.873. The molecule has 1 heteroatoms. The molecule has 0 radical (unpaired) electrons. The van der Waals surface area contributed by atoms with Gasteiger partial charge in [0, 0.05) is 8.07 Å². The van der Waals surface area contributed by atoms with Crippen LogP contribution in [0.2, 0.25) is 25.7 Å². The van der Waals surface area contributed by atoms with E-state index in [1.54, 1.807) is 11.1 Å². The summed E-state index contributed by atoms with van der Waals surface area (Å²) in [6.45, 7) is 9.55. The van der Waals surface area contributed by atoms with E-state index in [2.05, 4.69) is 38.7 Å². The van der Waals surface area contributed by atoms with Crippen molar-refractivity contribution in [2.45, 2.75) is 39.0 Å². The molecule has 0 aromatic carbocycles. The fourth-order valence-electron chi connectivity index (χ4n) is 1.43. The molecular weight excluding hydrogens is 148 g/mol. The molecule has 0 atom stereocenters. The van der Waals surface area contributed by atoms with E-state index in [-0.39, 0.29) is 0 Å². The van der Waals surface area contributed by atoms with Crippen molar-refractivity contribution in [1.29, 1.82) is 0 Å². The van der Waals surface area contributed by atoms with Gasteiger partial charge in [-0.1, -0.05) is 42.9 Å². The van der Waals surface area contributed by atoms with Gasteiger partial charge in [0.15, 0.2) is 0 Å². The minimum Gasteiger partial charge on any atom is -0.0802 e. The fraction of sp³-hybridized carbons (Fsp3) is 0.600. The predicted octanol–water partition coefficient (Wildman–Crippen LogP) is 3.60. The zero-order chi connectivity index (χ0) is 8.48. The van der Waals surface area contributed by atoms with Crippen LogP contribution in [0.15, 0.2) is 23.3 Å². The Hall–Kier alpha value is -0.303. The van der Waals surface area contributed by atoms with E-state index in [0.29, 0.717) is 0 Å². The highest BCUT2D eigenvalue weighted by molar-refractivity contribution is 6.76. The van der Waals surface area contributed by atoms with Crippen LogP contribution in [-0.4, -0.2) is 8.07 Å². The second-order valence-corrected chi connectivity index (χ2v) is 10.1. The van der Waals surface area contributed by atoms with Gasteiger partial charge < -0.3 is 0 Å². The SMILES string of the molecule is CC1=C(C[Si](C)(C)C)C=CC1. The molecule has 11 heavy (non-hydrogen) atoms. The first-order chi connectivity index (χ1) is 4.99. The van der Waals surface area contributed by atoms with Gasteiger partial charge in [0.05, 0.1) is 0 Å². The van der Waals surface area contributed by atoms with Crippen molar-refractivity contribution >= 4 is 8.07 Å². The van der Waals surface area contributed by atoms with Gasteiger partial charge in [0.25, 0.3) is 0 Å². The molecule has 0 spiro atoms. The van der Waals surface area contributed by atoms with Crippen LogP contribution in [0.4, 0.5) is 0 Å². The van der Waals surface area contributed by atoms with Crippen LogP contribution in [0.5, 0.6) is 0 Å². The lowest BCUT2D eigenvalue weighted by Gasteiger charge is -2.16. The molecule has 0 unspecified atom stereocenters. The molecule has 0 bridgehead atoms. The third-order valence-electron chi connectivity index (χ3n) is 2.01. The van der Waals surface area contributed by atoms with E-state index in [0.717, 1.165) is 0 Å². The minimum absolute atomic E-state index is 0.873. The molecule has 0 saturated carbocycles. The van der Waals surface area contributed by atoms with E-state index >= 15 is 0 Å². The lowest BCUT2D eigenvalue weighted by Crippen LogP contribution is -2.19. The number of hydrogen-bond donors (Lipinski definition) is 0. The molecular formula is C10H18Si. The van der Waals surface area contributed by atoms with Crippen molar-refractivity contribution in [1.82, 2.24) is 0 Å². The van der Waals surface area contributed by atoms with Crippen LogP contribution in [-0.2, 0) is 0 Å². The summed E-state index contributed by atoms with van der Waals surface area (Å²) < 4.78 is 0. The summed E-state index contributed by atoms with van der Waals surface area (Å²) in [6.07, 6.45) is 5.79. The quantitative estimate of drug-likeness (QED) is 0.550. The monoisotopic (exact) mass is 166 g/mol. The average molecular weight is 166 g/mol. The average Bonchev–Trinajstić information content (AvgIpc) is 2.12. The molecule has 62 valence electrons. The van der Waals surface area contributed by atoms with Crippen LogP contribution < -0.4 is 0 Å². The van der Waals surface area contributed by atoms with E-state index in [1.807, 2.05) is 0 Å². The molecule has 0 amide bonds. The topological polar surface area (TPSA) is 0 Å². The summed E-state index contributed by atoms with van der Waals surface area (Å²) in [6, 6.07) is 1.36. The van der Waals surface area contributed by atoms with Gasteiger partial charge in [-0.05, 0) is 19.4 Å². The number of allylic oxidation sites excluding steroid dienone is 4. The van der Waals surface area contributed by atoms with Gasteiger partial charge in [0.2, 0.25) is 0 Å². The molecule has 1 aliphatic rings. The Kier molecular flexibility index (Phi) is 2.38. The van der Waals surface area contributed by atoms with Gasteiger partial charge in [-0.25, -0.2) is 0 Å². The first-order valence-electron chi connectivity index (χ1n) is 4.34. The molecule has 0 nitrogen and oxygen atoms in total. The van der Waals surface area contributed by atoms with E-state index in [4.69, 9.17) is 0 Å². The second-order valence-electron chi connectivity index (χ2n) is 4.65. The smallest absolute Gasteiger partial charge is 0.0487 e. The van der Waals surface area contributed by atoms with Gasteiger partial charge in [-0.3, -0.25) is 0 Å². The molecule has 0 fully saturated rings. The number of hydrogen-bond acceptors (Lipinski definition) is 0. The van der Waals surface area contributed by atoms with Crippen LogP contribution in [0, 0.1) is 0 Å². The van der Waals surface area contributed by atoms with Crippen molar-refractivity contribution in [2.24, 2.45) is 0 Å². The Labute approximate surface area is 71.0 Å². The Balaban J connectivity index is 2.63. The Morgan fingerprint density at radius 1 is 1.36 bits per heavy atom. The standard InChI is InChI=1S/C10H18Si/c1-9-6-5-7-10(9)8-11(2,3)4/h5,7H,6,8H2,1-4H3. The van der Waals surface area contributed by atoms with Crippen LogP contribution in [0.25, 0.3) is 0 Å². The van der Waals surface area contributed by atoms with E-state index in [9.17, 15) is 0 Å². The van der Waals surface area contributed by atoms with Crippen molar-refractivity contribution in [3.8, 4) is 0 Å². The third kappa shape index (κ3) is 2.66. The van der Waals surface area contributed by atoms with E-state index < -0.39 is 8.07 Å². The highest BCUT2D eigenvalue weighted by atomic mass is 28.3. The molecule has 1 rings (SSSR count). The van der Waals surface area contributed by atoms with Gasteiger partial charge in [-0.2, -0.15) is 0 Å². The summed E-state index contributed by atoms with van der Waals surface area (Å²) >= 11 is 0. The van der Waals surface area contributed by atoms with Crippen molar-refractivity contribution in [3.63, 3.8) is 0 Å². The molecule has 1 aliphatic carbocycles. The summed E-state index contributed by atoms with van der Waals surface area (Å²) in [7, 11) is -0.873. The van der Waals surface area contributed by atoms with E-state index in [1.165, 1.54) is 12.5 Å².